The van der Waals surface area contributed by atoms with E-state index < -0.39 is 35.7 Å². The van der Waals surface area contributed by atoms with Crippen LogP contribution in [0.5, 0.6) is 0 Å². The molecule has 0 radical (unpaired) electrons. The van der Waals surface area contributed by atoms with Crippen molar-refractivity contribution in [2.75, 3.05) is 13.7 Å². The summed E-state index contributed by atoms with van der Waals surface area (Å²) in [6.07, 6.45) is 1.44. The number of amides is 3. The monoisotopic (exact) mass is 503 g/mol. The first kappa shape index (κ1) is 29.1. The number of nitrogens with one attached hydrogen (secondary N) is 2. The van der Waals surface area contributed by atoms with Gasteiger partial charge in [-0.05, 0) is 70.1 Å². The molecule has 3 amide bonds. The molecule has 2 rings (SSSR count). The van der Waals surface area contributed by atoms with Gasteiger partial charge in [0, 0.05) is 6.04 Å². The van der Waals surface area contributed by atoms with Gasteiger partial charge < -0.3 is 25.0 Å². The fraction of sp³-hybridized carbons (Fsp3) is 0.630. The molecular formula is C27H41N3O6. The topological polar surface area (TPSA) is 114 Å². The second kappa shape index (κ2) is 12.2. The molecule has 1 aromatic rings. The van der Waals surface area contributed by atoms with E-state index in [1.165, 1.54) is 7.11 Å². The van der Waals surface area contributed by atoms with E-state index >= 15 is 0 Å². The molecule has 0 bridgehead atoms. The first-order chi connectivity index (χ1) is 16.8. The Bertz CT molecular complexity index is 967. The molecule has 200 valence electrons. The number of carbonyl (C=O) groups is 4. The van der Waals surface area contributed by atoms with Crippen LogP contribution in [-0.4, -0.2) is 60.1 Å². The normalized spacial score (nSPS) is 15.8. The summed E-state index contributed by atoms with van der Waals surface area (Å²) in [7, 11) is 1.24. The summed E-state index contributed by atoms with van der Waals surface area (Å²) in [5, 5.41) is 5.37. The molecule has 3 atom stereocenters. The summed E-state index contributed by atoms with van der Waals surface area (Å²) in [6.45, 7) is 12.7. The number of benzene rings is 1. The maximum absolute atomic E-state index is 14.1. The SMILES string of the molecule is CCC(C)C(NC(=O)OC(C)(C)C)C(=O)N(C1CC1)C(C(=O)NCC(=O)OC)c1ccc(C)c(C)c1. The van der Waals surface area contributed by atoms with Gasteiger partial charge in [-0.3, -0.25) is 14.4 Å². The van der Waals surface area contributed by atoms with Crippen molar-refractivity contribution in [3.05, 3.63) is 34.9 Å². The number of hydrogen-bond acceptors (Lipinski definition) is 6. The van der Waals surface area contributed by atoms with Gasteiger partial charge in [0.25, 0.3) is 0 Å². The minimum atomic E-state index is -0.971. The van der Waals surface area contributed by atoms with E-state index in [1.807, 2.05) is 45.9 Å². The summed E-state index contributed by atoms with van der Waals surface area (Å²) < 4.78 is 10.1. The van der Waals surface area contributed by atoms with Gasteiger partial charge in [-0.1, -0.05) is 38.5 Å². The zero-order chi connectivity index (χ0) is 27.2. The largest absolute Gasteiger partial charge is 0.468 e. The Morgan fingerprint density at radius 1 is 1.11 bits per heavy atom. The van der Waals surface area contributed by atoms with Crippen molar-refractivity contribution < 1.29 is 28.7 Å². The number of esters is 1. The first-order valence-corrected chi connectivity index (χ1v) is 12.5. The highest BCUT2D eigenvalue weighted by Crippen LogP contribution is 2.36. The third kappa shape index (κ3) is 7.96. The molecule has 2 N–H and O–H groups in total. The Kier molecular flexibility index (Phi) is 9.90. The van der Waals surface area contributed by atoms with Crippen LogP contribution in [0, 0.1) is 19.8 Å². The van der Waals surface area contributed by atoms with Crippen LogP contribution >= 0.6 is 0 Å². The van der Waals surface area contributed by atoms with Crippen LogP contribution in [0.25, 0.3) is 0 Å². The minimum absolute atomic E-state index is 0.153. The quantitative estimate of drug-likeness (QED) is 0.472. The van der Waals surface area contributed by atoms with Gasteiger partial charge in [0.05, 0.1) is 7.11 Å². The molecule has 1 aromatic carbocycles. The molecule has 3 unspecified atom stereocenters. The van der Waals surface area contributed by atoms with Crippen LogP contribution in [0.1, 0.15) is 76.6 Å². The number of methoxy groups -OCH3 is 1. The summed E-state index contributed by atoms with van der Waals surface area (Å²) in [4.78, 5) is 53.5. The number of alkyl carbamates (subject to hydrolysis) is 1. The minimum Gasteiger partial charge on any atom is -0.468 e. The third-order valence-corrected chi connectivity index (χ3v) is 6.35. The number of ether oxygens (including phenoxy) is 2. The van der Waals surface area contributed by atoms with Crippen molar-refractivity contribution in [2.24, 2.45) is 5.92 Å². The maximum Gasteiger partial charge on any atom is 0.408 e. The molecule has 1 saturated carbocycles. The smallest absolute Gasteiger partial charge is 0.408 e. The zero-order valence-electron chi connectivity index (χ0n) is 22.8. The van der Waals surface area contributed by atoms with Crippen molar-refractivity contribution in [3.63, 3.8) is 0 Å². The lowest BCUT2D eigenvalue weighted by atomic mass is 9.94. The Balaban J connectivity index is 2.48. The first-order valence-electron chi connectivity index (χ1n) is 12.5. The lowest BCUT2D eigenvalue weighted by molar-refractivity contribution is -0.145. The molecule has 0 saturated heterocycles. The van der Waals surface area contributed by atoms with E-state index in [4.69, 9.17) is 4.74 Å². The van der Waals surface area contributed by atoms with Crippen LogP contribution in [0.15, 0.2) is 18.2 Å². The molecule has 9 nitrogen and oxygen atoms in total. The summed E-state index contributed by atoms with van der Waals surface area (Å²) >= 11 is 0. The highest BCUT2D eigenvalue weighted by molar-refractivity contribution is 5.93. The van der Waals surface area contributed by atoms with Gasteiger partial charge in [0.2, 0.25) is 11.8 Å². The third-order valence-electron chi connectivity index (χ3n) is 6.35. The van der Waals surface area contributed by atoms with Crippen LogP contribution in [0.4, 0.5) is 4.79 Å². The average Bonchev–Trinajstić information content (AvgIpc) is 3.64. The molecule has 36 heavy (non-hydrogen) atoms. The van der Waals surface area contributed by atoms with Crippen molar-refractivity contribution in [1.29, 1.82) is 0 Å². The van der Waals surface area contributed by atoms with Crippen molar-refractivity contribution >= 4 is 23.9 Å². The predicted octanol–water partition coefficient (Wildman–Crippen LogP) is 3.56. The maximum atomic E-state index is 14.1. The van der Waals surface area contributed by atoms with Gasteiger partial charge in [0.1, 0.15) is 24.2 Å². The van der Waals surface area contributed by atoms with Gasteiger partial charge in [-0.15, -0.1) is 0 Å². The van der Waals surface area contributed by atoms with E-state index in [-0.39, 0.29) is 24.4 Å². The predicted molar refractivity (Wildman–Crippen MR) is 136 cm³/mol. The van der Waals surface area contributed by atoms with E-state index in [0.29, 0.717) is 12.0 Å². The van der Waals surface area contributed by atoms with Crippen molar-refractivity contribution in [2.45, 2.75) is 91.5 Å². The molecule has 0 aromatic heterocycles. The van der Waals surface area contributed by atoms with Gasteiger partial charge in [-0.2, -0.15) is 0 Å². The highest BCUT2D eigenvalue weighted by atomic mass is 16.6. The van der Waals surface area contributed by atoms with Gasteiger partial charge >= 0.3 is 12.1 Å². The molecule has 0 heterocycles. The molecule has 0 aliphatic heterocycles. The molecule has 1 aliphatic rings. The van der Waals surface area contributed by atoms with Crippen LogP contribution < -0.4 is 10.6 Å². The number of aryl methyl sites for hydroxylation is 2. The Morgan fingerprint density at radius 2 is 1.75 bits per heavy atom. The molecule has 0 spiro atoms. The van der Waals surface area contributed by atoms with Crippen molar-refractivity contribution in [3.8, 4) is 0 Å². The van der Waals surface area contributed by atoms with Crippen LogP contribution in [0.2, 0.25) is 0 Å². The van der Waals surface area contributed by atoms with Gasteiger partial charge in [-0.25, -0.2) is 4.79 Å². The number of rotatable bonds is 10. The van der Waals surface area contributed by atoms with E-state index in [0.717, 1.165) is 24.0 Å². The van der Waals surface area contributed by atoms with E-state index in [1.54, 1.807) is 25.7 Å². The Morgan fingerprint density at radius 3 is 2.25 bits per heavy atom. The van der Waals surface area contributed by atoms with E-state index in [9.17, 15) is 19.2 Å². The fourth-order valence-electron chi connectivity index (χ4n) is 3.85. The number of carbonyl (C=O) groups excluding carboxylic acids is 4. The average molecular weight is 504 g/mol. The summed E-state index contributed by atoms with van der Waals surface area (Å²) in [5.74, 6) is -1.63. The number of hydrogen-bond donors (Lipinski definition) is 2. The number of nitrogens with zero attached hydrogens (tertiary/aromatic N) is 1. The second-order valence-corrected chi connectivity index (χ2v) is 10.5. The standard InChI is InChI=1S/C27H41N3O6/c1-9-16(2)22(29-26(34)36-27(5,6)7)25(33)30(20-12-13-20)23(24(32)28-15-21(31)35-8)19-11-10-17(3)18(4)14-19/h10-11,14,16,20,22-23H,9,12-13,15H2,1-8H3,(H,28,32)(H,29,34). The van der Waals surface area contributed by atoms with E-state index in [2.05, 4.69) is 15.4 Å². The molecular weight excluding hydrogens is 462 g/mol. The Hall–Kier alpha value is -3.10. The highest BCUT2D eigenvalue weighted by Gasteiger charge is 2.45. The summed E-state index contributed by atoms with van der Waals surface area (Å²) in [5.41, 5.74) is 1.95. The lowest BCUT2D eigenvalue weighted by Crippen LogP contribution is -2.56. The summed E-state index contributed by atoms with van der Waals surface area (Å²) in [6, 6.07) is 3.62. The Labute approximate surface area is 214 Å². The second-order valence-electron chi connectivity index (χ2n) is 10.5. The molecule has 1 fully saturated rings. The van der Waals surface area contributed by atoms with Gasteiger partial charge in [0.15, 0.2) is 0 Å². The zero-order valence-corrected chi connectivity index (χ0v) is 22.8. The fourth-order valence-corrected chi connectivity index (χ4v) is 3.85. The molecule has 1 aliphatic carbocycles. The van der Waals surface area contributed by atoms with Crippen LogP contribution in [-0.2, 0) is 23.9 Å². The van der Waals surface area contributed by atoms with Crippen molar-refractivity contribution in [1.82, 2.24) is 15.5 Å². The molecule has 9 heteroatoms. The van der Waals surface area contributed by atoms with Crippen LogP contribution in [0.3, 0.4) is 0 Å². The lowest BCUT2D eigenvalue weighted by Gasteiger charge is -2.36.